The second kappa shape index (κ2) is 3.82. The van der Waals surface area contributed by atoms with E-state index in [9.17, 15) is 0 Å². The largest absolute Gasteiger partial charge is 0.383 e. The van der Waals surface area contributed by atoms with E-state index >= 15 is 0 Å². The molecular weight excluding hydrogens is 206 g/mol. The maximum absolute atomic E-state index is 5.95. The molecule has 2 rings (SSSR count). The van der Waals surface area contributed by atoms with Gasteiger partial charge in [-0.25, -0.2) is 4.68 Å². The summed E-state index contributed by atoms with van der Waals surface area (Å²) in [5.41, 5.74) is 8.58. The fourth-order valence-electron chi connectivity index (χ4n) is 1.47. The van der Waals surface area contributed by atoms with Gasteiger partial charge in [0.15, 0.2) is 0 Å². The first kappa shape index (κ1) is 9.86. The molecule has 0 aliphatic carbocycles. The van der Waals surface area contributed by atoms with E-state index in [0.29, 0.717) is 5.82 Å². The Labute approximate surface area is 93.5 Å². The zero-order chi connectivity index (χ0) is 10.8. The third kappa shape index (κ3) is 1.64. The van der Waals surface area contributed by atoms with Gasteiger partial charge in [-0.05, 0) is 19.1 Å². The molecule has 0 bridgehead atoms. The summed E-state index contributed by atoms with van der Waals surface area (Å²) in [5.74, 6) is 0.591. The molecule has 2 aromatic rings. The van der Waals surface area contributed by atoms with Crippen LogP contribution in [0.4, 0.5) is 5.82 Å². The van der Waals surface area contributed by atoms with Crippen LogP contribution in [-0.2, 0) is 0 Å². The van der Waals surface area contributed by atoms with Crippen LogP contribution in [0.2, 0.25) is 0 Å². The van der Waals surface area contributed by atoms with E-state index in [4.69, 9.17) is 18.0 Å². The lowest BCUT2D eigenvalue weighted by molar-refractivity contribution is 0.872. The van der Waals surface area contributed by atoms with Crippen molar-refractivity contribution >= 4 is 23.4 Å². The molecule has 0 aliphatic rings. The molecule has 0 amide bonds. The van der Waals surface area contributed by atoms with Gasteiger partial charge in [0.1, 0.15) is 5.82 Å². The number of hydrogen-bond acceptors (Lipinski definition) is 3. The lowest BCUT2D eigenvalue weighted by atomic mass is 10.3. The van der Waals surface area contributed by atoms with Crippen LogP contribution in [0.3, 0.4) is 0 Å². The first-order chi connectivity index (χ1) is 7.24. The van der Waals surface area contributed by atoms with Gasteiger partial charge in [-0.1, -0.05) is 30.4 Å². The molecule has 1 heterocycles. The van der Waals surface area contributed by atoms with Crippen molar-refractivity contribution in [1.29, 1.82) is 0 Å². The van der Waals surface area contributed by atoms with Crippen molar-refractivity contribution in [2.75, 3.05) is 5.73 Å². The fraction of sp³-hybridized carbons (Fsp3) is 0.0909. The average molecular weight is 217 g/mol. The molecule has 0 fully saturated rings. The molecule has 0 saturated heterocycles. The Morgan fingerprint density at radius 1 is 1.33 bits per heavy atom. The predicted molar refractivity (Wildman–Crippen MR) is 65.5 cm³/mol. The van der Waals surface area contributed by atoms with Gasteiger partial charge in [-0.3, -0.25) is 0 Å². The maximum Gasteiger partial charge on any atom is 0.135 e. The Balaban J connectivity index is 2.60. The first-order valence-electron chi connectivity index (χ1n) is 4.59. The molecule has 0 unspecified atom stereocenters. The number of benzene rings is 1. The van der Waals surface area contributed by atoms with Gasteiger partial charge in [0.2, 0.25) is 0 Å². The summed E-state index contributed by atoms with van der Waals surface area (Å²) in [6.45, 7) is 1.90. The number of rotatable bonds is 2. The number of nitrogens with two attached hydrogens (primary N) is 1. The average Bonchev–Trinajstić information content (AvgIpc) is 2.55. The van der Waals surface area contributed by atoms with Gasteiger partial charge >= 0.3 is 0 Å². The zero-order valence-corrected chi connectivity index (χ0v) is 9.16. The molecule has 0 atom stereocenters. The molecule has 76 valence electrons. The third-order valence-electron chi connectivity index (χ3n) is 2.26. The Morgan fingerprint density at radius 3 is 2.53 bits per heavy atom. The van der Waals surface area contributed by atoms with Gasteiger partial charge < -0.3 is 5.73 Å². The normalized spacial score (nSPS) is 10.2. The van der Waals surface area contributed by atoms with Crippen LogP contribution in [0.5, 0.6) is 0 Å². The zero-order valence-electron chi connectivity index (χ0n) is 8.34. The number of nitrogen functional groups attached to an aromatic ring is 1. The predicted octanol–water partition coefficient (Wildman–Crippen LogP) is 2.11. The SMILES string of the molecule is Cc1nn(-c2ccccc2)c(N)c1C=S. The standard InChI is InChI=1S/C11H11N3S/c1-8-10(7-15)11(12)14(13-8)9-5-3-2-4-6-9/h2-7H,12H2,1H3. The van der Waals surface area contributed by atoms with Crippen LogP contribution in [0, 0.1) is 6.92 Å². The topological polar surface area (TPSA) is 43.8 Å². The number of nitrogens with zero attached hydrogens (tertiary/aromatic N) is 2. The van der Waals surface area contributed by atoms with Gasteiger partial charge in [0.05, 0.1) is 16.9 Å². The quantitative estimate of drug-likeness (QED) is 0.783. The van der Waals surface area contributed by atoms with E-state index in [2.05, 4.69) is 5.10 Å². The Hall–Kier alpha value is -1.68. The van der Waals surface area contributed by atoms with E-state index < -0.39 is 0 Å². The molecule has 0 spiro atoms. The van der Waals surface area contributed by atoms with Crippen molar-refractivity contribution in [2.24, 2.45) is 0 Å². The monoisotopic (exact) mass is 217 g/mol. The molecule has 1 aromatic carbocycles. The van der Waals surface area contributed by atoms with Gasteiger partial charge in [-0.15, -0.1) is 0 Å². The number of thiocarbonyl (C=S) groups is 1. The maximum atomic E-state index is 5.95. The minimum atomic E-state index is 0.591. The Morgan fingerprint density at radius 2 is 2.00 bits per heavy atom. The summed E-state index contributed by atoms with van der Waals surface area (Å²) in [5, 5.41) is 5.91. The minimum absolute atomic E-state index is 0.591. The highest BCUT2D eigenvalue weighted by molar-refractivity contribution is 7.79. The minimum Gasteiger partial charge on any atom is -0.383 e. The second-order valence-corrected chi connectivity index (χ2v) is 3.49. The van der Waals surface area contributed by atoms with Crippen LogP contribution in [-0.4, -0.2) is 15.1 Å². The fourth-order valence-corrected chi connectivity index (χ4v) is 1.76. The van der Waals surface area contributed by atoms with Gasteiger partial charge in [0.25, 0.3) is 0 Å². The van der Waals surface area contributed by atoms with Crippen LogP contribution in [0.25, 0.3) is 5.69 Å². The van der Waals surface area contributed by atoms with Gasteiger partial charge in [0, 0.05) is 5.37 Å². The molecule has 0 aliphatic heterocycles. The summed E-state index contributed by atoms with van der Waals surface area (Å²) in [6.07, 6.45) is 0. The summed E-state index contributed by atoms with van der Waals surface area (Å²) in [7, 11) is 0. The summed E-state index contributed by atoms with van der Waals surface area (Å²) in [4.78, 5) is 0. The van der Waals surface area contributed by atoms with Crippen molar-refractivity contribution in [3.63, 3.8) is 0 Å². The smallest absolute Gasteiger partial charge is 0.135 e. The lowest BCUT2D eigenvalue weighted by Crippen LogP contribution is -2.02. The molecule has 15 heavy (non-hydrogen) atoms. The number of anilines is 1. The second-order valence-electron chi connectivity index (χ2n) is 3.25. The van der Waals surface area contributed by atoms with E-state index in [-0.39, 0.29) is 0 Å². The summed E-state index contributed by atoms with van der Waals surface area (Å²) in [6, 6.07) is 9.76. The molecular formula is C11H11N3S. The molecule has 2 N–H and O–H groups in total. The summed E-state index contributed by atoms with van der Waals surface area (Å²) < 4.78 is 1.70. The molecule has 0 radical (unpaired) electrons. The first-order valence-corrected chi connectivity index (χ1v) is 5.07. The van der Waals surface area contributed by atoms with Crippen molar-refractivity contribution < 1.29 is 0 Å². The summed E-state index contributed by atoms with van der Waals surface area (Å²) >= 11 is 4.90. The van der Waals surface area contributed by atoms with Crippen molar-refractivity contribution in [3.8, 4) is 5.69 Å². The van der Waals surface area contributed by atoms with Crippen LogP contribution in [0.15, 0.2) is 30.3 Å². The highest BCUT2D eigenvalue weighted by atomic mass is 32.1. The number of para-hydroxylation sites is 1. The highest BCUT2D eigenvalue weighted by Crippen LogP contribution is 2.18. The lowest BCUT2D eigenvalue weighted by Gasteiger charge is -2.02. The Bertz CT molecular complexity index is 488. The molecule has 3 nitrogen and oxygen atoms in total. The van der Waals surface area contributed by atoms with Crippen LogP contribution < -0.4 is 5.73 Å². The van der Waals surface area contributed by atoms with Crippen LogP contribution in [0.1, 0.15) is 11.3 Å². The third-order valence-corrected chi connectivity index (χ3v) is 2.50. The van der Waals surface area contributed by atoms with Gasteiger partial charge in [-0.2, -0.15) is 5.10 Å². The molecule has 0 saturated carbocycles. The number of aryl methyl sites for hydroxylation is 1. The molecule has 4 heteroatoms. The highest BCUT2D eigenvalue weighted by Gasteiger charge is 2.10. The van der Waals surface area contributed by atoms with Crippen LogP contribution >= 0.6 is 12.2 Å². The Kier molecular flexibility index (Phi) is 2.51. The van der Waals surface area contributed by atoms with E-state index in [0.717, 1.165) is 16.9 Å². The molecule has 1 aromatic heterocycles. The number of hydrogen-bond donors (Lipinski definition) is 1. The van der Waals surface area contributed by atoms with Crippen molar-refractivity contribution in [1.82, 2.24) is 9.78 Å². The number of aromatic nitrogens is 2. The van der Waals surface area contributed by atoms with E-state index in [1.807, 2.05) is 37.3 Å². The van der Waals surface area contributed by atoms with Crippen molar-refractivity contribution in [2.45, 2.75) is 6.92 Å². The van der Waals surface area contributed by atoms with E-state index in [1.54, 1.807) is 10.0 Å². The van der Waals surface area contributed by atoms with Crippen molar-refractivity contribution in [3.05, 3.63) is 41.6 Å². The van der Waals surface area contributed by atoms with E-state index in [1.165, 1.54) is 0 Å².